The molecular weight excluding hydrogens is 378 g/mol. The van der Waals surface area contributed by atoms with E-state index in [1.807, 2.05) is 42.5 Å². The molecule has 0 aliphatic carbocycles. The second-order valence-electron chi connectivity index (χ2n) is 7.38. The van der Waals surface area contributed by atoms with Crippen molar-refractivity contribution in [2.75, 3.05) is 49.2 Å². The molecule has 0 bridgehead atoms. The van der Waals surface area contributed by atoms with E-state index in [-0.39, 0.29) is 5.95 Å². The molecule has 3 aromatic heterocycles. The molecule has 1 fully saturated rings. The van der Waals surface area contributed by atoms with E-state index in [1.165, 1.54) is 0 Å². The van der Waals surface area contributed by atoms with Gasteiger partial charge in [-0.05, 0) is 30.6 Å². The molecule has 152 valence electrons. The summed E-state index contributed by atoms with van der Waals surface area (Å²) in [5.74, 6) is 2.29. The SMILES string of the molecule is CN1CCN(c2ccc(Nc3nc(N)n(-c4nccc5ccccc45)n3)cn2)CC1. The zero-order valence-electron chi connectivity index (χ0n) is 16.7. The number of rotatable bonds is 4. The second kappa shape index (κ2) is 7.60. The lowest BCUT2D eigenvalue weighted by Gasteiger charge is -2.33. The summed E-state index contributed by atoms with van der Waals surface area (Å²) in [4.78, 5) is 18.0. The summed E-state index contributed by atoms with van der Waals surface area (Å²) in [7, 11) is 2.14. The Morgan fingerprint density at radius 3 is 2.60 bits per heavy atom. The Labute approximate surface area is 174 Å². The van der Waals surface area contributed by atoms with Gasteiger partial charge < -0.3 is 20.9 Å². The molecule has 30 heavy (non-hydrogen) atoms. The molecule has 0 amide bonds. The molecule has 0 unspecified atom stereocenters. The molecule has 4 aromatic rings. The number of nitrogens with two attached hydrogens (primary N) is 1. The lowest BCUT2D eigenvalue weighted by atomic mass is 10.1. The Morgan fingerprint density at radius 2 is 1.80 bits per heavy atom. The summed E-state index contributed by atoms with van der Waals surface area (Å²) in [6.07, 6.45) is 3.54. The first-order chi connectivity index (χ1) is 14.7. The van der Waals surface area contributed by atoms with Crippen molar-refractivity contribution in [3.63, 3.8) is 0 Å². The van der Waals surface area contributed by atoms with Crippen LogP contribution in [0.25, 0.3) is 16.6 Å². The maximum atomic E-state index is 6.13. The molecule has 1 aromatic carbocycles. The van der Waals surface area contributed by atoms with Crippen LogP contribution in [0.4, 0.5) is 23.4 Å². The molecular formula is C21H23N9. The number of piperazine rings is 1. The van der Waals surface area contributed by atoms with Gasteiger partial charge in [0.05, 0.1) is 11.9 Å². The van der Waals surface area contributed by atoms with Crippen LogP contribution in [-0.4, -0.2) is 62.9 Å². The van der Waals surface area contributed by atoms with Crippen LogP contribution in [0.1, 0.15) is 0 Å². The number of hydrogen-bond acceptors (Lipinski definition) is 8. The highest BCUT2D eigenvalue weighted by Crippen LogP contribution is 2.23. The molecule has 9 nitrogen and oxygen atoms in total. The second-order valence-corrected chi connectivity index (χ2v) is 7.38. The summed E-state index contributed by atoms with van der Waals surface area (Å²) >= 11 is 0. The van der Waals surface area contributed by atoms with Crippen molar-refractivity contribution in [2.45, 2.75) is 0 Å². The van der Waals surface area contributed by atoms with E-state index in [2.05, 4.69) is 42.2 Å². The van der Waals surface area contributed by atoms with Gasteiger partial charge in [-0.15, -0.1) is 5.10 Å². The normalized spacial score (nSPS) is 14.9. The molecule has 0 radical (unpaired) electrons. The zero-order chi connectivity index (χ0) is 20.5. The minimum atomic E-state index is 0.267. The Bertz CT molecular complexity index is 1160. The summed E-state index contributed by atoms with van der Waals surface area (Å²) < 4.78 is 1.55. The van der Waals surface area contributed by atoms with Gasteiger partial charge in [-0.3, -0.25) is 0 Å². The van der Waals surface area contributed by atoms with E-state index in [0.717, 1.165) is 48.5 Å². The monoisotopic (exact) mass is 401 g/mol. The van der Waals surface area contributed by atoms with Gasteiger partial charge in [-0.25, -0.2) is 9.97 Å². The van der Waals surface area contributed by atoms with Crippen molar-refractivity contribution in [1.29, 1.82) is 0 Å². The fraction of sp³-hybridized carbons (Fsp3) is 0.238. The highest BCUT2D eigenvalue weighted by atomic mass is 15.4. The van der Waals surface area contributed by atoms with Crippen molar-refractivity contribution in [1.82, 2.24) is 29.6 Å². The van der Waals surface area contributed by atoms with E-state index < -0.39 is 0 Å². The minimum Gasteiger partial charge on any atom is -0.368 e. The number of likely N-dealkylation sites (N-methyl/N-ethyl adjacent to an activating group) is 1. The predicted molar refractivity (Wildman–Crippen MR) is 118 cm³/mol. The van der Waals surface area contributed by atoms with Crippen LogP contribution < -0.4 is 16.0 Å². The van der Waals surface area contributed by atoms with Crippen LogP contribution in [0.15, 0.2) is 54.9 Å². The van der Waals surface area contributed by atoms with Gasteiger partial charge in [0.25, 0.3) is 0 Å². The first-order valence-electron chi connectivity index (χ1n) is 9.90. The fourth-order valence-corrected chi connectivity index (χ4v) is 3.62. The Balaban J connectivity index is 1.36. The number of nitrogens with zero attached hydrogens (tertiary/aromatic N) is 7. The van der Waals surface area contributed by atoms with Gasteiger partial charge in [0.15, 0.2) is 5.82 Å². The maximum absolute atomic E-state index is 6.13. The summed E-state index contributed by atoms with van der Waals surface area (Å²) in [5, 5.41) is 9.71. The van der Waals surface area contributed by atoms with Crippen LogP contribution in [0, 0.1) is 0 Å². The van der Waals surface area contributed by atoms with Crippen LogP contribution in [-0.2, 0) is 0 Å². The number of benzene rings is 1. The van der Waals surface area contributed by atoms with Crippen molar-refractivity contribution in [3.8, 4) is 5.82 Å². The molecule has 0 spiro atoms. The van der Waals surface area contributed by atoms with Gasteiger partial charge in [0, 0.05) is 37.8 Å². The summed E-state index contributed by atoms with van der Waals surface area (Å²) in [6, 6.07) is 13.9. The third kappa shape index (κ3) is 3.50. The summed E-state index contributed by atoms with van der Waals surface area (Å²) in [6.45, 7) is 4.06. The van der Waals surface area contributed by atoms with E-state index >= 15 is 0 Å². The van der Waals surface area contributed by atoms with Gasteiger partial charge in [0.2, 0.25) is 11.9 Å². The smallest absolute Gasteiger partial charge is 0.248 e. The number of hydrogen-bond donors (Lipinski definition) is 2. The third-order valence-corrected chi connectivity index (χ3v) is 5.32. The van der Waals surface area contributed by atoms with E-state index in [4.69, 9.17) is 5.73 Å². The lowest BCUT2D eigenvalue weighted by molar-refractivity contribution is 0.312. The number of nitrogens with one attached hydrogen (secondary N) is 1. The molecule has 1 aliphatic rings. The van der Waals surface area contributed by atoms with Gasteiger partial charge >= 0.3 is 0 Å². The first-order valence-corrected chi connectivity index (χ1v) is 9.90. The van der Waals surface area contributed by atoms with E-state index in [0.29, 0.717) is 11.8 Å². The standard InChI is InChI=1S/C21H23N9/c1-28-10-12-29(13-11-28)18-7-6-16(14-24-18)25-21-26-20(22)30(27-21)19-17-5-3-2-4-15(17)8-9-23-19/h2-9,14H,10-13H2,1H3,(H3,22,25,26,27). The van der Waals surface area contributed by atoms with Gasteiger partial charge in [-0.1, -0.05) is 24.3 Å². The highest BCUT2D eigenvalue weighted by molar-refractivity contribution is 5.88. The fourth-order valence-electron chi connectivity index (χ4n) is 3.62. The molecule has 1 aliphatic heterocycles. The summed E-state index contributed by atoms with van der Waals surface area (Å²) in [5.41, 5.74) is 6.94. The molecule has 5 rings (SSSR count). The number of anilines is 4. The van der Waals surface area contributed by atoms with Crippen LogP contribution in [0.5, 0.6) is 0 Å². The number of aromatic nitrogens is 5. The average Bonchev–Trinajstić information content (AvgIpc) is 3.14. The largest absolute Gasteiger partial charge is 0.368 e. The first kappa shape index (κ1) is 18.3. The Morgan fingerprint density at radius 1 is 0.967 bits per heavy atom. The molecule has 3 N–H and O–H groups in total. The quantitative estimate of drug-likeness (QED) is 0.537. The van der Waals surface area contributed by atoms with E-state index in [9.17, 15) is 0 Å². The number of nitrogen functional groups attached to an aromatic ring is 1. The topological polar surface area (TPSA) is 101 Å². The Hall–Kier alpha value is -3.72. The van der Waals surface area contributed by atoms with E-state index in [1.54, 1.807) is 17.1 Å². The molecule has 1 saturated heterocycles. The zero-order valence-corrected chi connectivity index (χ0v) is 16.7. The lowest BCUT2D eigenvalue weighted by Crippen LogP contribution is -2.44. The van der Waals surface area contributed by atoms with Crippen molar-refractivity contribution < 1.29 is 0 Å². The molecule has 4 heterocycles. The van der Waals surface area contributed by atoms with Gasteiger partial charge in [0.1, 0.15) is 5.82 Å². The van der Waals surface area contributed by atoms with Crippen molar-refractivity contribution in [3.05, 3.63) is 54.9 Å². The van der Waals surface area contributed by atoms with Crippen molar-refractivity contribution >= 4 is 34.2 Å². The van der Waals surface area contributed by atoms with Crippen LogP contribution in [0.3, 0.4) is 0 Å². The molecule has 9 heteroatoms. The highest BCUT2D eigenvalue weighted by Gasteiger charge is 2.16. The predicted octanol–water partition coefficient (Wildman–Crippen LogP) is 2.29. The van der Waals surface area contributed by atoms with Crippen molar-refractivity contribution in [2.24, 2.45) is 0 Å². The molecule has 0 saturated carbocycles. The van der Waals surface area contributed by atoms with Crippen LogP contribution in [0.2, 0.25) is 0 Å². The Kier molecular flexibility index (Phi) is 4.64. The number of fused-ring (bicyclic) bond motifs is 1. The van der Waals surface area contributed by atoms with Crippen LogP contribution >= 0.6 is 0 Å². The number of pyridine rings is 2. The molecule has 0 atom stereocenters. The third-order valence-electron chi connectivity index (χ3n) is 5.32. The average molecular weight is 401 g/mol. The maximum Gasteiger partial charge on any atom is 0.248 e. The van der Waals surface area contributed by atoms with Gasteiger partial charge in [-0.2, -0.15) is 9.67 Å². The minimum absolute atomic E-state index is 0.267.